The highest BCUT2D eigenvalue weighted by Gasteiger charge is 2.23. The van der Waals surface area contributed by atoms with Crippen LogP contribution in [0, 0.1) is 11.8 Å². The first kappa shape index (κ1) is 32.0. The maximum Gasteiger partial charge on any atom is 0.0411 e. The Morgan fingerprint density at radius 1 is 0.822 bits per heavy atom. The number of nitrogens with zero attached hydrogens (tertiary/aromatic N) is 1. The van der Waals surface area contributed by atoms with Crippen molar-refractivity contribution in [2.75, 3.05) is 18.8 Å². The normalized spacial score (nSPS) is 32.1. The average molecular weight is 619 g/mol. The van der Waals surface area contributed by atoms with Crippen molar-refractivity contribution in [3.05, 3.63) is 128 Å². The van der Waals surface area contributed by atoms with E-state index < -0.39 is 0 Å². The van der Waals surface area contributed by atoms with E-state index in [1.165, 1.54) is 92.4 Å². The summed E-state index contributed by atoms with van der Waals surface area (Å²) in [6, 6.07) is 0. The van der Waals surface area contributed by atoms with Crippen molar-refractivity contribution in [2.24, 2.45) is 11.8 Å². The standard InChI is InChI=1S/C42H54N2S/c1-31-12-9-10-27-44(39-26-29-45-42-17-8-7-15-40(42)32(2)30-39)28-11-16-41(33(31)3)43-38-24-22-37(23-25-38)36-20-18-35(19-21-36)34-13-5-4-6-14-34/h7,9-13,15-16,18,22,24,26,32,36,43H,4-6,8,14,17,19-21,23,25,27-30H2,1-3H3/b10-9-,16-11-,31-12+,39-26+,41-33-. The minimum absolute atomic E-state index is 0.556. The van der Waals surface area contributed by atoms with Gasteiger partial charge in [0.15, 0.2) is 0 Å². The summed E-state index contributed by atoms with van der Waals surface area (Å²) in [5, 5.41) is 3.87. The molecule has 2 heterocycles. The number of rotatable bonds is 5. The van der Waals surface area contributed by atoms with E-state index in [1.807, 2.05) is 0 Å². The molecule has 0 aromatic heterocycles. The van der Waals surface area contributed by atoms with Gasteiger partial charge in [0, 0.05) is 35.9 Å². The number of nitrogens with one attached hydrogen (secondary N) is 1. The van der Waals surface area contributed by atoms with Crippen LogP contribution in [0.4, 0.5) is 0 Å². The molecule has 1 N–H and O–H groups in total. The molecule has 0 saturated heterocycles. The lowest BCUT2D eigenvalue weighted by atomic mass is 9.78. The second-order valence-electron chi connectivity index (χ2n) is 13.8. The Hall–Kier alpha value is -2.91. The summed E-state index contributed by atoms with van der Waals surface area (Å²) >= 11 is 2.05. The van der Waals surface area contributed by atoms with Gasteiger partial charge in [0.2, 0.25) is 0 Å². The Bertz CT molecular complexity index is 1460. The summed E-state index contributed by atoms with van der Waals surface area (Å²) in [7, 11) is 0. The summed E-state index contributed by atoms with van der Waals surface area (Å²) in [4.78, 5) is 4.19. The van der Waals surface area contributed by atoms with Crippen LogP contribution in [-0.4, -0.2) is 23.7 Å². The van der Waals surface area contributed by atoms with Crippen LogP contribution >= 0.6 is 11.8 Å². The predicted octanol–water partition coefficient (Wildman–Crippen LogP) is 11.3. The first-order chi connectivity index (χ1) is 22.0. The molecule has 2 aliphatic heterocycles. The Kier molecular flexibility index (Phi) is 11.1. The smallest absolute Gasteiger partial charge is 0.0411 e. The van der Waals surface area contributed by atoms with Crippen LogP contribution in [0.3, 0.4) is 0 Å². The van der Waals surface area contributed by atoms with Gasteiger partial charge in [0.05, 0.1) is 0 Å². The molecular formula is C42H54N2S. The SMILES string of the molecule is CC1=C(NC2=CC=C(C3CC=C(C4=CCCCC4)CC3)CC2)\C=C/CN(/C2=C/CSC3=C(C=CCC3)C(C)C2)C/C=C\C=C\1C. The Labute approximate surface area is 278 Å². The molecule has 238 valence electrons. The van der Waals surface area contributed by atoms with Gasteiger partial charge in [-0.25, -0.2) is 0 Å². The molecule has 0 amide bonds. The second kappa shape index (κ2) is 15.6. The van der Waals surface area contributed by atoms with Crippen molar-refractivity contribution in [1.82, 2.24) is 10.2 Å². The predicted molar refractivity (Wildman–Crippen MR) is 197 cm³/mol. The number of hydrogen-bond acceptors (Lipinski definition) is 3. The molecule has 45 heavy (non-hydrogen) atoms. The molecule has 2 atom stereocenters. The average Bonchev–Trinajstić information content (AvgIpc) is 3.10. The van der Waals surface area contributed by atoms with E-state index in [1.54, 1.807) is 27.2 Å². The van der Waals surface area contributed by atoms with Crippen LogP contribution in [0.2, 0.25) is 0 Å². The molecule has 0 saturated carbocycles. The topological polar surface area (TPSA) is 15.3 Å². The molecule has 3 heteroatoms. The monoisotopic (exact) mass is 618 g/mol. The Morgan fingerprint density at radius 3 is 2.51 bits per heavy atom. The zero-order valence-corrected chi connectivity index (χ0v) is 28.9. The summed E-state index contributed by atoms with van der Waals surface area (Å²) in [6.45, 7) is 8.78. The second-order valence-corrected chi connectivity index (χ2v) is 14.9. The van der Waals surface area contributed by atoms with Crippen LogP contribution < -0.4 is 5.32 Å². The summed E-state index contributed by atoms with van der Waals surface area (Å²) in [6.07, 6.45) is 43.7. The number of allylic oxidation sites excluding steroid dienone is 18. The Balaban J connectivity index is 1.12. The summed E-state index contributed by atoms with van der Waals surface area (Å²) < 4.78 is 0. The minimum Gasteiger partial charge on any atom is -0.368 e. The minimum atomic E-state index is 0.556. The number of thioether (sulfide) groups is 1. The third kappa shape index (κ3) is 8.28. The van der Waals surface area contributed by atoms with Gasteiger partial charge in [-0.15, -0.1) is 11.8 Å². The molecule has 0 aromatic carbocycles. The molecule has 4 aliphatic carbocycles. The summed E-state index contributed by atoms with van der Waals surface area (Å²) in [5.41, 5.74) is 13.2. The largest absolute Gasteiger partial charge is 0.368 e. The first-order valence-electron chi connectivity index (χ1n) is 17.8. The van der Waals surface area contributed by atoms with E-state index in [2.05, 4.69) is 116 Å². The van der Waals surface area contributed by atoms with E-state index >= 15 is 0 Å². The molecule has 0 spiro atoms. The molecule has 6 rings (SSSR count). The van der Waals surface area contributed by atoms with Crippen LogP contribution in [0.1, 0.15) is 97.8 Å². The van der Waals surface area contributed by atoms with E-state index in [0.29, 0.717) is 5.92 Å². The molecule has 2 unspecified atom stereocenters. The fraction of sp³-hybridized carbons (Fsp3) is 0.476. The fourth-order valence-corrected chi connectivity index (χ4v) is 8.90. The molecule has 0 radical (unpaired) electrons. The third-order valence-corrected chi connectivity index (χ3v) is 11.8. The van der Waals surface area contributed by atoms with Crippen molar-refractivity contribution >= 4 is 11.8 Å². The lowest BCUT2D eigenvalue weighted by Gasteiger charge is -2.31. The molecule has 0 bridgehead atoms. The zero-order chi connectivity index (χ0) is 31.0. The quantitative estimate of drug-likeness (QED) is 0.330. The molecule has 0 fully saturated rings. The highest BCUT2D eigenvalue weighted by atomic mass is 32.2. The van der Waals surface area contributed by atoms with Crippen molar-refractivity contribution in [3.8, 4) is 0 Å². The maximum absolute atomic E-state index is 3.87. The summed E-state index contributed by atoms with van der Waals surface area (Å²) in [5.74, 6) is 2.35. The van der Waals surface area contributed by atoms with Gasteiger partial charge >= 0.3 is 0 Å². The molecule has 2 nitrogen and oxygen atoms in total. The van der Waals surface area contributed by atoms with Crippen molar-refractivity contribution < 1.29 is 0 Å². The van der Waals surface area contributed by atoms with Gasteiger partial charge < -0.3 is 10.2 Å². The fourth-order valence-electron chi connectivity index (χ4n) is 7.73. The van der Waals surface area contributed by atoms with E-state index in [9.17, 15) is 0 Å². The van der Waals surface area contributed by atoms with E-state index in [4.69, 9.17) is 0 Å². The highest BCUT2D eigenvalue weighted by molar-refractivity contribution is 8.03. The van der Waals surface area contributed by atoms with Crippen LogP contribution in [0.15, 0.2) is 128 Å². The maximum atomic E-state index is 3.87. The number of hydrogen-bond donors (Lipinski definition) is 1. The van der Waals surface area contributed by atoms with E-state index in [0.717, 1.165) is 37.6 Å². The van der Waals surface area contributed by atoms with Gasteiger partial charge in [0.25, 0.3) is 0 Å². The molecule has 6 aliphatic rings. The lowest BCUT2D eigenvalue weighted by molar-refractivity contribution is 0.388. The molecule has 0 aromatic rings. The highest BCUT2D eigenvalue weighted by Crippen LogP contribution is 2.39. The zero-order valence-electron chi connectivity index (χ0n) is 28.0. The van der Waals surface area contributed by atoms with Crippen LogP contribution in [-0.2, 0) is 0 Å². The van der Waals surface area contributed by atoms with Gasteiger partial charge in [-0.2, -0.15) is 0 Å². The molecular weight excluding hydrogens is 565 g/mol. The van der Waals surface area contributed by atoms with Gasteiger partial charge in [-0.3, -0.25) is 0 Å². The van der Waals surface area contributed by atoms with E-state index in [-0.39, 0.29) is 0 Å². The van der Waals surface area contributed by atoms with Crippen LogP contribution in [0.5, 0.6) is 0 Å². The van der Waals surface area contributed by atoms with Crippen molar-refractivity contribution in [3.63, 3.8) is 0 Å². The van der Waals surface area contributed by atoms with Gasteiger partial charge in [0.1, 0.15) is 0 Å². The van der Waals surface area contributed by atoms with Crippen molar-refractivity contribution in [1.29, 1.82) is 0 Å². The Morgan fingerprint density at radius 2 is 1.71 bits per heavy atom. The van der Waals surface area contributed by atoms with Gasteiger partial charge in [-0.1, -0.05) is 73.3 Å². The van der Waals surface area contributed by atoms with Crippen LogP contribution in [0.25, 0.3) is 0 Å². The third-order valence-electron chi connectivity index (χ3n) is 10.7. The van der Waals surface area contributed by atoms with Crippen molar-refractivity contribution in [2.45, 2.75) is 97.8 Å². The first-order valence-corrected chi connectivity index (χ1v) is 18.8. The van der Waals surface area contributed by atoms with Gasteiger partial charge in [-0.05, 0) is 148 Å². The lowest BCUT2D eigenvalue weighted by Crippen LogP contribution is -2.26.